The number of rotatable bonds is 7. The molecule has 110 valence electrons. The van der Waals surface area contributed by atoms with E-state index in [1.807, 2.05) is 4.72 Å². The van der Waals surface area contributed by atoms with E-state index in [0.29, 0.717) is 6.42 Å². The summed E-state index contributed by atoms with van der Waals surface area (Å²) in [4.78, 5) is 20.4. The predicted molar refractivity (Wildman–Crippen MR) is 69.7 cm³/mol. The summed E-state index contributed by atoms with van der Waals surface area (Å²) in [6.45, 7) is 1.70. The zero-order valence-electron chi connectivity index (χ0n) is 10.6. The lowest BCUT2D eigenvalue weighted by Gasteiger charge is -2.13. The number of carbonyl (C=O) groups is 1. The predicted octanol–water partition coefficient (Wildman–Crippen LogP) is 1.13. The first kappa shape index (κ1) is 16.1. The van der Waals surface area contributed by atoms with Crippen LogP contribution in [0.1, 0.15) is 19.8 Å². The minimum absolute atomic E-state index is 0.0925. The van der Waals surface area contributed by atoms with Gasteiger partial charge in [0.1, 0.15) is 6.04 Å². The molecule has 0 aliphatic rings. The molecule has 0 radical (unpaired) electrons. The molecule has 0 aromatic heterocycles. The maximum absolute atomic E-state index is 12.1. The van der Waals surface area contributed by atoms with Crippen LogP contribution in [0.15, 0.2) is 29.2 Å². The summed E-state index contributed by atoms with van der Waals surface area (Å²) in [7, 11) is -4.27. The molecule has 2 N–H and O–H groups in total. The van der Waals surface area contributed by atoms with Crippen LogP contribution in [0.25, 0.3) is 0 Å². The van der Waals surface area contributed by atoms with Crippen LogP contribution in [0.5, 0.6) is 0 Å². The number of carboxylic acid groups (broad SMARTS) is 1. The van der Waals surface area contributed by atoms with Crippen molar-refractivity contribution in [3.05, 3.63) is 34.4 Å². The Hall–Kier alpha value is -2.00. The van der Waals surface area contributed by atoms with Gasteiger partial charge in [-0.2, -0.15) is 4.72 Å². The lowest BCUT2D eigenvalue weighted by atomic mass is 10.2. The average Bonchev–Trinajstić information content (AvgIpc) is 2.38. The summed E-state index contributed by atoms with van der Waals surface area (Å²) in [5, 5.41) is 19.7. The molecule has 0 aliphatic carbocycles. The van der Waals surface area contributed by atoms with Gasteiger partial charge in [-0.1, -0.05) is 25.5 Å². The zero-order chi connectivity index (χ0) is 15.3. The molecule has 0 heterocycles. The van der Waals surface area contributed by atoms with E-state index in [1.165, 1.54) is 12.1 Å². The third kappa shape index (κ3) is 3.75. The SMILES string of the molecule is CCCC(NS(=O)(=O)c1ccccc1[N+](=O)[O-])C(=O)O. The van der Waals surface area contributed by atoms with Crippen LogP contribution < -0.4 is 4.72 Å². The van der Waals surface area contributed by atoms with Crippen LogP contribution in [0, 0.1) is 10.1 Å². The Balaban J connectivity index is 3.17. The second kappa shape index (κ2) is 6.44. The first-order valence-corrected chi connectivity index (χ1v) is 7.26. The van der Waals surface area contributed by atoms with E-state index in [2.05, 4.69) is 0 Å². The van der Waals surface area contributed by atoms with Crippen molar-refractivity contribution in [3.8, 4) is 0 Å². The van der Waals surface area contributed by atoms with E-state index in [-0.39, 0.29) is 6.42 Å². The Labute approximate surface area is 115 Å². The molecule has 1 atom stereocenters. The van der Waals surface area contributed by atoms with E-state index >= 15 is 0 Å². The molecule has 0 spiro atoms. The third-order valence-corrected chi connectivity index (χ3v) is 4.04. The molecular formula is C11H14N2O6S. The van der Waals surface area contributed by atoms with E-state index in [0.717, 1.165) is 12.1 Å². The van der Waals surface area contributed by atoms with Gasteiger partial charge in [-0.05, 0) is 12.5 Å². The summed E-state index contributed by atoms with van der Waals surface area (Å²) in [6, 6.07) is 3.45. The molecule has 1 aromatic carbocycles. The standard InChI is InChI=1S/C11H14N2O6S/c1-2-5-8(11(14)15)12-20(18,19)10-7-4-3-6-9(10)13(16)17/h3-4,6-8,12H,2,5H2,1H3,(H,14,15). The number of sulfonamides is 1. The number of hydrogen-bond donors (Lipinski definition) is 2. The van der Waals surface area contributed by atoms with E-state index < -0.39 is 37.5 Å². The highest BCUT2D eigenvalue weighted by atomic mass is 32.2. The molecule has 8 nitrogen and oxygen atoms in total. The van der Waals surface area contributed by atoms with Gasteiger partial charge in [-0.25, -0.2) is 8.42 Å². The van der Waals surface area contributed by atoms with Crippen molar-refractivity contribution in [1.82, 2.24) is 4.72 Å². The number of carboxylic acids is 1. The van der Waals surface area contributed by atoms with Gasteiger partial charge in [0.05, 0.1) is 4.92 Å². The monoisotopic (exact) mass is 302 g/mol. The molecule has 0 amide bonds. The average molecular weight is 302 g/mol. The molecule has 0 fully saturated rings. The normalized spacial score (nSPS) is 12.8. The quantitative estimate of drug-likeness (QED) is 0.574. The van der Waals surface area contributed by atoms with Crippen molar-refractivity contribution in [3.63, 3.8) is 0 Å². The first-order chi connectivity index (χ1) is 9.29. The smallest absolute Gasteiger partial charge is 0.321 e. The van der Waals surface area contributed by atoms with Gasteiger partial charge < -0.3 is 5.11 Å². The fourth-order valence-electron chi connectivity index (χ4n) is 1.61. The maximum Gasteiger partial charge on any atom is 0.321 e. The van der Waals surface area contributed by atoms with Gasteiger partial charge in [0.2, 0.25) is 10.0 Å². The Morgan fingerprint density at radius 1 is 1.45 bits per heavy atom. The van der Waals surface area contributed by atoms with Gasteiger partial charge in [0.15, 0.2) is 4.90 Å². The number of aliphatic carboxylic acids is 1. The molecule has 0 bridgehead atoms. The number of nitro groups is 1. The summed E-state index contributed by atoms with van der Waals surface area (Å²) in [6.07, 6.45) is 0.547. The summed E-state index contributed by atoms with van der Waals surface area (Å²) < 4.78 is 26.1. The molecule has 0 saturated carbocycles. The van der Waals surface area contributed by atoms with Gasteiger partial charge in [-0.3, -0.25) is 14.9 Å². The van der Waals surface area contributed by atoms with Crippen molar-refractivity contribution < 1.29 is 23.2 Å². The van der Waals surface area contributed by atoms with Crippen LogP contribution >= 0.6 is 0 Å². The van der Waals surface area contributed by atoms with Crippen molar-refractivity contribution >= 4 is 21.7 Å². The fourth-order valence-corrected chi connectivity index (χ4v) is 3.00. The van der Waals surface area contributed by atoms with Gasteiger partial charge >= 0.3 is 5.97 Å². The Bertz CT molecular complexity index is 613. The van der Waals surface area contributed by atoms with Gasteiger partial charge in [0.25, 0.3) is 5.69 Å². The second-order valence-corrected chi connectivity index (χ2v) is 5.71. The lowest BCUT2D eigenvalue weighted by molar-refractivity contribution is -0.387. The van der Waals surface area contributed by atoms with Crippen LogP contribution in [-0.2, 0) is 14.8 Å². The van der Waals surface area contributed by atoms with Crippen molar-refractivity contribution in [2.45, 2.75) is 30.7 Å². The number of nitro benzene ring substituents is 1. The second-order valence-electron chi connectivity index (χ2n) is 4.03. The summed E-state index contributed by atoms with van der Waals surface area (Å²) in [5.74, 6) is -1.32. The minimum atomic E-state index is -4.27. The number of nitrogens with one attached hydrogen (secondary N) is 1. The number of benzene rings is 1. The minimum Gasteiger partial charge on any atom is -0.480 e. The highest BCUT2D eigenvalue weighted by Crippen LogP contribution is 2.23. The van der Waals surface area contributed by atoms with Crippen LogP contribution in [0.4, 0.5) is 5.69 Å². The first-order valence-electron chi connectivity index (χ1n) is 5.78. The molecule has 1 unspecified atom stereocenters. The molecule has 9 heteroatoms. The zero-order valence-corrected chi connectivity index (χ0v) is 11.5. The molecule has 1 rings (SSSR count). The lowest BCUT2D eigenvalue weighted by Crippen LogP contribution is -2.40. The largest absolute Gasteiger partial charge is 0.480 e. The summed E-state index contributed by atoms with van der Waals surface area (Å²) in [5.41, 5.74) is -0.597. The third-order valence-electron chi connectivity index (χ3n) is 2.52. The van der Waals surface area contributed by atoms with Crippen LogP contribution in [0.2, 0.25) is 0 Å². The Kier molecular flexibility index (Phi) is 5.17. The molecule has 0 aliphatic heterocycles. The molecular weight excluding hydrogens is 288 g/mol. The van der Waals surface area contributed by atoms with E-state index in [4.69, 9.17) is 5.11 Å². The Morgan fingerprint density at radius 3 is 2.55 bits per heavy atom. The van der Waals surface area contributed by atoms with E-state index in [9.17, 15) is 23.3 Å². The number of nitrogens with zero attached hydrogens (tertiary/aromatic N) is 1. The van der Waals surface area contributed by atoms with Crippen molar-refractivity contribution in [1.29, 1.82) is 0 Å². The van der Waals surface area contributed by atoms with Crippen molar-refractivity contribution in [2.24, 2.45) is 0 Å². The maximum atomic E-state index is 12.1. The van der Waals surface area contributed by atoms with Gasteiger partial charge in [-0.15, -0.1) is 0 Å². The highest BCUT2D eigenvalue weighted by molar-refractivity contribution is 7.89. The molecule has 0 saturated heterocycles. The Morgan fingerprint density at radius 2 is 2.05 bits per heavy atom. The van der Waals surface area contributed by atoms with Crippen LogP contribution in [-0.4, -0.2) is 30.5 Å². The van der Waals surface area contributed by atoms with Crippen LogP contribution in [0.3, 0.4) is 0 Å². The fraction of sp³-hybridized carbons (Fsp3) is 0.364. The number of hydrogen-bond acceptors (Lipinski definition) is 5. The number of para-hydroxylation sites is 1. The van der Waals surface area contributed by atoms with E-state index in [1.54, 1.807) is 6.92 Å². The molecule has 20 heavy (non-hydrogen) atoms. The topological polar surface area (TPSA) is 127 Å². The highest BCUT2D eigenvalue weighted by Gasteiger charge is 2.29. The van der Waals surface area contributed by atoms with Crippen molar-refractivity contribution in [2.75, 3.05) is 0 Å². The molecule has 1 aromatic rings. The summed E-state index contributed by atoms with van der Waals surface area (Å²) >= 11 is 0. The van der Waals surface area contributed by atoms with Gasteiger partial charge in [0, 0.05) is 6.07 Å².